The summed E-state index contributed by atoms with van der Waals surface area (Å²) in [5.41, 5.74) is 0. The van der Waals surface area contributed by atoms with Gasteiger partial charge in [-0.3, -0.25) is 0 Å². The maximum atomic E-state index is 2.37. The van der Waals surface area contributed by atoms with Gasteiger partial charge in [0.1, 0.15) is 0 Å². The monoisotopic (exact) mass is 226 g/mol. The van der Waals surface area contributed by atoms with E-state index >= 15 is 0 Å². The molecule has 0 heteroatoms. The van der Waals surface area contributed by atoms with Crippen molar-refractivity contribution < 1.29 is 0 Å². The lowest BCUT2D eigenvalue weighted by molar-refractivity contribution is 0.335. The second-order valence-electron chi connectivity index (χ2n) is 5.68. The van der Waals surface area contributed by atoms with Gasteiger partial charge in [-0.15, -0.1) is 0 Å². The molecule has 0 saturated carbocycles. The molecule has 0 amide bonds. The summed E-state index contributed by atoms with van der Waals surface area (Å²) >= 11 is 0. The molecule has 0 aliphatic heterocycles. The van der Waals surface area contributed by atoms with E-state index in [0.29, 0.717) is 0 Å². The van der Waals surface area contributed by atoms with Crippen LogP contribution in [0.15, 0.2) is 0 Å². The molecule has 1 unspecified atom stereocenters. The van der Waals surface area contributed by atoms with Gasteiger partial charge >= 0.3 is 0 Å². The molecule has 0 nitrogen and oxygen atoms in total. The lowest BCUT2D eigenvalue weighted by Gasteiger charge is -2.18. The second kappa shape index (κ2) is 11.5. The van der Waals surface area contributed by atoms with Gasteiger partial charge in [0.05, 0.1) is 0 Å². The van der Waals surface area contributed by atoms with E-state index in [1.165, 1.54) is 64.2 Å². The highest BCUT2D eigenvalue weighted by molar-refractivity contribution is 4.61. The van der Waals surface area contributed by atoms with Gasteiger partial charge in [0.15, 0.2) is 0 Å². The van der Waals surface area contributed by atoms with Crippen LogP contribution in [0.25, 0.3) is 0 Å². The van der Waals surface area contributed by atoms with Crippen molar-refractivity contribution >= 4 is 0 Å². The number of unbranched alkanes of at least 4 members (excludes halogenated alkanes) is 7. The normalized spacial score (nSPS) is 13.3. The fourth-order valence-corrected chi connectivity index (χ4v) is 2.55. The van der Waals surface area contributed by atoms with Crippen LogP contribution in [0.5, 0.6) is 0 Å². The summed E-state index contributed by atoms with van der Waals surface area (Å²) in [5, 5.41) is 0. The Morgan fingerprint density at radius 2 is 1.19 bits per heavy atom. The summed E-state index contributed by atoms with van der Waals surface area (Å²) in [4.78, 5) is 0. The van der Waals surface area contributed by atoms with Crippen molar-refractivity contribution in [2.24, 2.45) is 11.8 Å². The lowest BCUT2D eigenvalue weighted by atomic mass is 9.88. The molecule has 0 radical (unpaired) electrons. The highest BCUT2D eigenvalue weighted by Crippen LogP contribution is 2.22. The lowest BCUT2D eigenvalue weighted by Crippen LogP contribution is -2.06. The average molecular weight is 226 g/mol. The van der Waals surface area contributed by atoms with E-state index in [-0.39, 0.29) is 0 Å². The standard InChI is InChI=1S/C16H34/c1-5-7-8-9-10-11-12-13-14-16(6-2)15(3)4/h15-16H,5-14H2,1-4H3. The number of rotatable bonds is 11. The Kier molecular flexibility index (Phi) is 11.5. The molecule has 0 heterocycles. The molecule has 0 spiro atoms. The highest BCUT2D eigenvalue weighted by Gasteiger charge is 2.09. The Morgan fingerprint density at radius 3 is 1.62 bits per heavy atom. The minimum Gasteiger partial charge on any atom is -0.0654 e. The molecule has 0 rings (SSSR count). The topological polar surface area (TPSA) is 0 Å². The SMILES string of the molecule is CCCCCCCCCCC(CC)C(C)C. The van der Waals surface area contributed by atoms with E-state index in [2.05, 4.69) is 27.7 Å². The summed E-state index contributed by atoms with van der Waals surface area (Å²) in [7, 11) is 0. The van der Waals surface area contributed by atoms with Crippen LogP contribution in [0.1, 0.15) is 91.9 Å². The average Bonchev–Trinajstić information content (AvgIpc) is 2.26. The molecule has 0 aromatic carbocycles. The summed E-state index contributed by atoms with van der Waals surface area (Å²) in [6.07, 6.45) is 14.4. The third-order valence-corrected chi connectivity index (χ3v) is 3.90. The van der Waals surface area contributed by atoms with Crippen molar-refractivity contribution in [3.63, 3.8) is 0 Å². The van der Waals surface area contributed by atoms with Crippen LogP contribution in [0.2, 0.25) is 0 Å². The van der Waals surface area contributed by atoms with Crippen LogP contribution in [-0.2, 0) is 0 Å². The first kappa shape index (κ1) is 16.0. The zero-order valence-corrected chi connectivity index (χ0v) is 12.2. The van der Waals surface area contributed by atoms with Gasteiger partial charge in [0.2, 0.25) is 0 Å². The van der Waals surface area contributed by atoms with Crippen LogP contribution < -0.4 is 0 Å². The van der Waals surface area contributed by atoms with Gasteiger partial charge in [-0.1, -0.05) is 91.9 Å². The maximum Gasteiger partial charge on any atom is -0.0394 e. The van der Waals surface area contributed by atoms with Crippen LogP contribution in [0.3, 0.4) is 0 Å². The molecular formula is C16H34. The second-order valence-corrected chi connectivity index (χ2v) is 5.68. The molecule has 16 heavy (non-hydrogen) atoms. The first-order chi connectivity index (χ1) is 7.72. The summed E-state index contributed by atoms with van der Waals surface area (Å²) < 4.78 is 0. The molecule has 0 aliphatic carbocycles. The Balaban J connectivity index is 3.19. The largest absolute Gasteiger partial charge is 0.0654 e. The zero-order valence-electron chi connectivity index (χ0n) is 12.2. The fourth-order valence-electron chi connectivity index (χ4n) is 2.55. The van der Waals surface area contributed by atoms with E-state index in [4.69, 9.17) is 0 Å². The van der Waals surface area contributed by atoms with Crippen LogP contribution in [0.4, 0.5) is 0 Å². The van der Waals surface area contributed by atoms with Crippen LogP contribution >= 0.6 is 0 Å². The third-order valence-electron chi connectivity index (χ3n) is 3.90. The predicted molar refractivity (Wildman–Crippen MR) is 75.8 cm³/mol. The van der Waals surface area contributed by atoms with Gasteiger partial charge in [-0.2, -0.15) is 0 Å². The Bertz CT molecular complexity index is 126. The Hall–Kier alpha value is 0. The van der Waals surface area contributed by atoms with E-state index in [9.17, 15) is 0 Å². The number of hydrogen-bond donors (Lipinski definition) is 0. The van der Waals surface area contributed by atoms with E-state index in [1.54, 1.807) is 0 Å². The van der Waals surface area contributed by atoms with Crippen molar-refractivity contribution in [1.29, 1.82) is 0 Å². The molecule has 0 aromatic heterocycles. The van der Waals surface area contributed by atoms with E-state index in [1.807, 2.05) is 0 Å². The fraction of sp³-hybridized carbons (Fsp3) is 1.00. The van der Waals surface area contributed by atoms with Crippen LogP contribution in [0, 0.1) is 11.8 Å². The quantitative estimate of drug-likeness (QED) is 0.368. The van der Waals surface area contributed by atoms with Gasteiger partial charge in [-0.05, 0) is 11.8 Å². The predicted octanol–water partition coefficient (Wildman–Crippen LogP) is 6.20. The molecule has 0 N–H and O–H groups in total. The first-order valence-electron chi connectivity index (χ1n) is 7.72. The van der Waals surface area contributed by atoms with Crippen molar-refractivity contribution in [3.8, 4) is 0 Å². The van der Waals surface area contributed by atoms with E-state index in [0.717, 1.165) is 11.8 Å². The van der Waals surface area contributed by atoms with Crippen molar-refractivity contribution in [1.82, 2.24) is 0 Å². The summed E-state index contributed by atoms with van der Waals surface area (Å²) in [6.45, 7) is 9.38. The van der Waals surface area contributed by atoms with Gasteiger partial charge in [0, 0.05) is 0 Å². The molecular weight excluding hydrogens is 192 g/mol. The van der Waals surface area contributed by atoms with Gasteiger partial charge in [0.25, 0.3) is 0 Å². The molecule has 0 bridgehead atoms. The van der Waals surface area contributed by atoms with Gasteiger partial charge < -0.3 is 0 Å². The summed E-state index contributed by atoms with van der Waals surface area (Å²) in [6, 6.07) is 0. The minimum absolute atomic E-state index is 0.884. The third kappa shape index (κ3) is 9.24. The molecule has 0 aromatic rings. The maximum absolute atomic E-state index is 2.37. The first-order valence-corrected chi connectivity index (χ1v) is 7.72. The highest BCUT2D eigenvalue weighted by atomic mass is 14.2. The Labute approximate surface area is 104 Å². The van der Waals surface area contributed by atoms with Crippen molar-refractivity contribution in [2.45, 2.75) is 91.9 Å². The van der Waals surface area contributed by atoms with Crippen LogP contribution in [-0.4, -0.2) is 0 Å². The van der Waals surface area contributed by atoms with E-state index < -0.39 is 0 Å². The van der Waals surface area contributed by atoms with Crippen molar-refractivity contribution in [2.75, 3.05) is 0 Å². The smallest absolute Gasteiger partial charge is 0.0394 e. The molecule has 98 valence electrons. The number of hydrogen-bond acceptors (Lipinski definition) is 0. The molecule has 1 atom stereocenters. The van der Waals surface area contributed by atoms with Gasteiger partial charge in [-0.25, -0.2) is 0 Å². The molecule has 0 aliphatic rings. The van der Waals surface area contributed by atoms with Crippen molar-refractivity contribution in [3.05, 3.63) is 0 Å². The molecule has 0 saturated heterocycles. The molecule has 0 fully saturated rings. The zero-order chi connectivity index (χ0) is 12.2. The summed E-state index contributed by atoms with van der Waals surface area (Å²) in [5.74, 6) is 1.86. The minimum atomic E-state index is 0.884. The Morgan fingerprint density at radius 1 is 0.688 bits per heavy atom.